The summed E-state index contributed by atoms with van der Waals surface area (Å²) in [6.07, 6.45) is 5.34. The van der Waals surface area contributed by atoms with E-state index in [0.29, 0.717) is 25.9 Å². The third-order valence-electron chi connectivity index (χ3n) is 5.43. The lowest BCUT2D eigenvalue weighted by atomic mass is 10.1. The van der Waals surface area contributed by atoms with Gasteiger partial charge >= 0.3 is 0 Å². The quantitative estimate of drug-likeness (QED) is 0.369. The molecule has 4 aromatic rings. The Morgan fingerprint density at radius 1 is 0.970 bits per heavy atom. The summed E-state index contributed by atoms with van der Waals surface area (Å²) in [5, 5.41) is 11.7. The third-order valence-corrected chi connectivity index (χ3v) is 5.43. The number of aryl methyl sites for hydroxylation is 1. The maximum atomic E-state index is 12.2. The van der Waals surface area contributed by atoms with E-state index < -0.39 is 0 Å². The van der Waals surface area contributed by atoms with Gasteiger partial charge in [0, 0.05) is 19.5 Å². The van der Waals surface area contributed by atoms with Gasteiger partial charge in [0.15, 0.2) is 5.65 Å². The van der Waals surface area contributed by atoms with Gasteiger partial charge in [-0.2, -0.15) is 5.10 Å². The molecule has 0 aliphatic carbocycles. The van der Waals surface area contributed by atoms with Gasteiger partial charge in [0.05, 0.1) is 25.2 Å². The zero-order chi connectivity index (χ0) is 22.9. The van der Waals surface area contributed by atoms with E-state index in [2.05, 4.69) is 37.8 Å². The third kappa shape index (κ3) is 6.06. The number of hydrogen-bond acceptors (Lipinski definition) is 6. The van der Waals surface area contributed by atoms with Gasteiger partial charge in [-0.1, -0.05) is 42.5 Å². The highest BCUT2D eigenvalue weighted by Gasteiger charge is 2.10. The summed E-state index contributed by atoms with van der Waals surface area (Å²) in [5.74, 6) is 1.60. The lowest BCUT2D eigenvalue weighted by Gasteiger charge is -2.08. The number of rotatable bonds is 11. The topological polar surface area (TPSA) is 94.0 Å². The normalized spacial score (nSPS) is 10.8. The molecule has 2 aromatic carbocycles. The molecule has 0 aliphatic heterocycles. The molecular weight excluding hydrogens is 416 g/mol. The van der Waals surface area contributed by atoms with Gasteiger partial charge in [0.25, 0.3) is 0 Å². The number of benzene rings is 2. The van der Waals surface area contributed by atoms with E-state index in [1.165, 1.54) is 5.56 Å². The summed E-state index contributed by atoms with van der Waals surface area (Å²) in [6, 6.07) is 18.1. The number of nitrogens with zero attached hydrogens (tertiary/aromatic N) is 4. The van der Waals surface area contributed by atoms with E-state index >= 15 is 0 Å². The van der Waals surface area contributed by atoms with Crippen molar-refractivity contribution < 1.29 is 9.53 Å². The first kappa shape index (κ1) is 22.3. The second-order valence-electron chi connectivity index (χ2n) is 7.69. The fraction of sp³-hybridized carbons (Fsp3) is 0.280. The first-order chi connectivity index (χ1) is 16.2. The van der Waals surface area contributed by atoms with Crippen LogP contribution in [0.25, 0.3) is 11.0 Å². The molecular formula is C25H28N6O2. The Labute approximate surface area is 193 Å². The van der Waals surface area contributed by atoms with E-state index in [-0.39, 0.29) is 5.91 Å². The van der Waals surface area contributed by atoms with Crippen LogP contribution in [0.3, 0.4) is 0 Å². The maximum Gasteiger partial charge on any atom is 0.220 e. The molecule has 33 heavy (non-hydrogen) atoms. The highest BCUT2D eigenvalue weighted by atomic mass is 16.5. The summed E-state index contributed by atoms with van der Waals surface area (Å²) >= 11 is 0. The molecule has 0 aliphatic rings. The predicted molar refractivity (Wildman–Crippen MR) is 128 cm³/mol. The molecule has 8 heteroatoms. The Kier molecular flexibility index (Phi) is 7.48. The molecule has 4 rings (SSSR count). The number of anilines is 1. The number of aromatic nitrogens is 4. The summed E-state index contributed by atoms with van der Waals surface area (Å²) in [7, 11) is 1.64. The second-order valence-corrected chi connectivity index (χ2v) is 7.69. The fourth-order valence-corrected chi connectivity index (χ4v) is 3.61. The van der Waals surface area contributed by atoms with Crippen LogP contribution in [-0.2, 0) is 24.2 Å². The molecule has 0 radical (unpaired) electrons. The van der Waals surface area contributed by atoms with Gasteiger partial charge in [-0.15, -0.1) is 0 Å². The van der Waals surface area contributed by atoms with E-state index in [4.69, 9.17) is 4.74 Å². The van der Waals surface area contributed by atoms with Crippen LogP contribution in [0, 0.1) is 0 Å². The Morgan fingerprint density at radius 3 is 2.55 bits per heavy atom. The highest BCUT2D eigenvalue weighted by Crippen LogP contribution is 2.18. The predicted octanol–water partition coefficient (Wildman–Crippen LogP) is 3.24. The number of methoxy groups -OCH3 is 1. The lowest BCUT2D eigenvalue weighted by molar-refractivity contribution is -0.121. The van der Waals surface area contributed by atoms with Crippen LogP contribution in [0.4, 0.5) is 5.82 Å². The molecule has 0 atom stereocenters. The molecule has 0 bridgehead atoms. The number of ether oxygens (including phenoxy) is 1. The van der Waals surface area contributed by atoms with Crippen molar-refractivity contribution in [3.8, 4) is 5.75 Å². The number of nitrogens with one attached hydrogen (secondary N) is 2. The molecule has 0 saturated heterocycles. The minimum atomic E-state index is 0.0140. The average molecular weight is 445 g/mol. The maximum absolute atomic E-state index is 12.2. The molecule has 0 saturated carbocycles. The Balaban J connectivity index is 1.25. The van der Waals surface area contributed by atoms with Crippen molar-refractivity contribution in [2.75, 3.05) is 25.5 Å². The fourth-order valence-electron chi connectivity index (χ4n) is 3.61. The summed E-state index contributed by atoms with van der Waals surface area (Å²) in [5.41, 5.74) is 3.13. The van der Waals surface area contributed by atoms with Gasteiger partial charge in [-0.25, -0.2) is 14.6 Å². The minimum absolute atomic E-state index is 0.0140. The van der Waals surface area contributed by atoms with Gasteiger partial charge < -0.3 is 15.4 Å². The molecule has 170 valence electrons. The van der Waals surface area contributed by atoms with Crippen molar-refractivity contribution in [1.29, 1.82) is 0 Å². The van der Waals surface area contributed by atoms with E-state index in [1.54, 1.807) is 24.3 Å². The van der Waals surface area contributed by atoms with Gasteiger partial charge in [-0.05, 0) is 36.1 Å². The Morgan fingerprint density at radius 2 is 1.76 bits per heavy atom. The van der Waals surface area contributed by atoms with Crippen LogP contribution in [-0.4, -0.2) is 45.9 Å². The first-order valence-corrected chi connectivity index (χ1v) is 11.1. The monoisotopic (exact) mass is 444 g/mol. The smallest absolute Gasteiger partial charge is 0.220 e. The van der Waals surface area contributed by atoms with E-state index in [0.717, 1.165) is 41.1 Å². The van der Waals surface area contributed by atoms with E-state index in [1.807, 2.05) is 42.5 Å². The number of hydrogen-bond donors (Lipinski definition) is 2. The van der Waals surface area contributed by atoms with Crippen LogP contribution >= 0.6 is 0 Å². The van der Waals surface area contributed by atoms with Crippen molar-refractivity contribution in [1.82, 2.24) is 25.1 Å². The van der Waals surface area contributed by atoms with Gasteiger partial charge in [0.2, 0.25) is 5.91 Å². The molecule has 0 spiro atoms. The SMILES string of the molecule is COc1ccc(CCC(=O)NCCn2ncc3c(NCCc4ccccc4)ncnc32)cc1. The zero-order valence-corrected chi connectivity index (χ0v) is 18.7. The summed E-state index contributed by atoms with van der Waals surface area (Å²) in [6.45, 7) is 1.79. The van der Waals surface area contributed by atoms with Crippen LogP contribution in [0.1, 0.15) is 17.5 Å². The molecule has 1 amide bonds. The number of carbonyl (C=O) groups is 1. The Bertz CT molecular complexity index is 1170. The molecule has 0 fully saturated rings. The zero-order valence-electron chi connectivity index (χ0n) is 18.7. The first-order valence-electron chi connectivity index (χ1n) is 11.1. The van der Waals surface area contributed by atoms with Crippen molar-refractivity contribution >= 4 is 22.8 Å². The standard InChI is InChI=1S/C25H28N6O2/c1-33-21-10-7-20(8-11-21)9-12-23(32)26-15-16-31-25-22(17-30-31)24(28-18-29-25)27-14-13-19-5-3-2-4-6-19/h2-8,10-11,17-18H,9,12-16H2,1H3,(H,26,32)(H,27,28,29). The molecule has 8 nitrogen and oxygen atoms in total. The van der Waals surface area contributed by atoms with Crippen molar-refractivity contribution in [2.24, 2.45) is 0 Å². The van der Waals surface area contributed by atoms with Crippen LogP contribution < -0.4 is 15.4 Å². The van der Waals surface area contributed by atoms with E-state index in [9.17, 15) is 4.79 Å². The van der Waals surface area contributed by atoms with Gasteiger partial charge in [0.1, 0.15) is 17.9 Å². The number of amides is 1. The van der Waals surface area contributed by atoms with Crippen LogP contribution in [0.5, 0.6) is 5.75 Å². The van der Waals surface area contributed by atoms with Crippen molar-refractivity contribution in [3.05, 3.63) is 78.2 Å². The summed E-state index contributed by atoms with van der Waals surface area (Å²) in [4.78, 5) is 21.0. The minimum Gasteiger partial charge on any atom is -0.497 e. The van der Waals surface area contributed by atoms with Crippen LogP contribution in [0.2, 0.25) is 0 Å². The molecule has 2 aromatic heterocycles. The molecule has 2 heterocycles. The molecule has 2 N–H and O–H groups in total. The summed E-state index contributed by atoms with van der Waals surface area (Å²) < 4.78 is 6.95. The number of carbonyl (C=O) groups excluding carboxylic acids is 1. The highest BCUT2D eigenvalue weighted by molar-refractivity contribution is 5.86. The number of fused-ring (bicyclic) bond motifs is 1. The Hall–Kier alpha value is -3.94. The molecule has 0 unspecified atom stereocenters. The largest absolute Gasteiger partial charge is 0.497 e. The van der Waals surface area contributed by atoms with Gasteiger partial charge in [-0.3, -0.25) is 4.79 Å². The second kappa shape index (κ2) is 11.1. The average Bonchev–Trinajstić information content (AvgIpc) is 3.27. The van der Waals surface area contributed by atoms with Crippen molar-refractivity contribution in [2.45, 2.75) is 25.8 Å². The lowest BCUT2D eigenvalue weighted by Crippen LogP contribution is -2.27. The van der Waals surface area contributed by atoms with Crippen LogP contribution in [0.15, 0.2) is 67.1 Å². The van der Waals surface area contributed by atoms with Crippen molar-refractivity contribution in [3.63, 3.8) is 0 Å².